The lowest BCUT2D eigenvalue weighted by molar-refractivity contribution is -0.120. The third-order valence-corrected chi connectivity index (χ3v) is 4.29. The first-order valence-corrected chi connectivity index (χ1v) is 7.66. The Morgan fingerprint density at radius 3 is 2.67 bits per heavy atom. The normalized spacial score (nSPS) is 14.8. The van der Waals surface area contributed by atoms with Crippen molar-refractivity contribution in [1.82, 2.24) is 4.57 Å². The van der Waals surface area contributed by atoms with E-state index in [2.05, 4.69) is 0 Å². The van der Waals surface area contributed by atoms with Crippen molar-refractivity contribution in [3.8, 4) is 5.75 Å². The number of amides is 1. The molecule has 0 saturated heterocycles. The van der Waals surface area contributed by atoms with Crippen molar-refractivity contribution in [2.24, 2.45) is 0 Å². The van der Waals surface area contributed by atoms with Gasteiger partial charge in [-0.3, -0.25) is 14.4 Å². The zero-order valence-electron chi connectivity index (χ0n) is 13.8. The molecule has 0 radical (unpaired) electrons. The SMILES string of the molecule is Cc1cccc(=O)n1C(C)C(=O)c1ccc2c(c1)N(C)C(=O)CO2. The highest BCUT2D eigenvalue weighted by atomic mass is 16.5. The molecule has 0 fully saturated rings. The number of aryl methyl sites for hydroxylation is 1. The molecule has 1 amide bonds. The monoisotopic (exact) mass is 326 g/mol. The van der Waals surface area contributed by atoms with Gasteiger partial charge in [-0.1, -0.05) is 6.07 Å². The first-order chi connectivity index (χ1) is 11.4. The summed E-state index contributed by atoms with van der Waals surface area (Å²) < 4.78 is 6.83. The summed E-state index contributed by atoms with van der Waals surface area (Å²) in [7, 11) is 1.65. The quantitative estimate of drug-likeness (QED) is 0.809. The van der Waals surface area contributed by atoms with Crippen LogP contribution >= 0.6 is 0 Å². The Balaban J connectivity index is 1.99. The highest BCUT2D eigenvalue weighted by Gasteiger charge is 2.25. The molecule has 1 unspecified atom stereocenters. The smallest absolute Gasteiger partial charge is 0.264 e. The molecule has 0 spiro atoms. The van der Waals surface area contributed by atoms with Crippen LogP contribution in [0.2, 0.25) is 0 Å². The fraction of sp³-hybridized carbons (Fsp3) is 0.278. The van der Waals surface area contributed by atoms with Gasteiger partial charge in [0.15, 0.2) is 12.4 Å². The predicted octanol–water partition coefficient (Wildman–Crippen LogP) is 1.96. The second-order valence-electron chi connectivity index (χ2n) is 5.84. The van der Waals surface area contributed by atoms with Gasteiger partial charge in [0.1, 0.15) is 5.75 Å². The molecule has 1 aromatic heterocycles. The number of nitrogens with zero attached hydrogens (tertiary/aromatic N) is 2. The third kappa shape index (κ3) is 2.60. The zero-order valence-corrected chi connectivity index (χ0v) is 13.8. The molecule has 2 heterocycles. The van der Waals surface area contributed by atoms with Crippen molar-refractivity contribution in [2.75, 3.05) is 18.6 Å². The van der Waals surface area contributed by atoms with Gasteiger partial charge in [0.2, 0.25) is 0 Å². The largest absolute Gasteiger partial charge is 0.482 e. The topological polar surface area (TPSA) is 68.6 Å². The Kier molecular flexibility index (Phi) is 3.97. The van der Waals surface area contributed by atoms with E-state index in [1.165, 1.54) is 15.5 Å². The van der Waals surface area contributed by atoms with Crippen LogP contribution in [0.5, 0.6) is 5.75 Å². The summed E-state index contributed by atoms with van der Waals surface area (Å²) in [6, 6.07) is 9.23. The molecule has 1 aliphatic heterocycles. The molecule has 1 aromatic carbocycles. The number of ketones is 1. The number of carbonyl (C=O) groups is 2. The van der Waals surface area contributed by atoms with Crippen LogP contribution in [0.25, 0.3) is 0 Å². The van der Waals surface area contributed by atoms with Crippen molar-refractivity contribution >= 4 is 17.4 Å². The number of likely N-dealkylation sites (N-methyl/N-ethyl adjacent to an activating group) is 1. The lowest BCUT2D eigenvalue weighted by Crippen LogP contribution is -2.35. The molecular formula is C18H18N2O4. The Morgan fingerprint density at radius 2 is 1.96 bits per heavy atom. The van der Waals surface area contributed by atoms with Crippen LogP contribution in [0.3, 0.4) is 0 Å². The summed E-state index contributed by atoms with van der Waals surface area (Å²) in [4.78, 5) is 38.1. The van der Waals surface area contributed by atoms with Crippen molar-refractivity contribution in [3.63, 3.8) is 0 Å². The highest BCUT2D eigenvalue weighted by molar-refractivity contribution is 6.03. The van der Waals surface area contributed by atoms with Crippen molar-refractivity contribution in [1.29, 1.82) is 0 Å². The number of pyridine rings is 1. The molecule has 0 aliphatic carbocycles. The van der Waals surface area contributed by atoms with E-state index in [0.29, 0.717) is 17.0 Å². The number of rotatable bonds is 3. The number of hydrogen-bond donors (Lipinski definition) is 0. The van der Waals surface area contributed by atoms with Gasteiger partial charge < -0.3 is 14.2 Å². The van der Waals surface area contributed by atoms with E-state index in [-0.39, 0.29) is 23.9 Å². The van der Waals surface area contributed by atoms with Crippen molar-refractivity contribution in [2.45, 2.75) is 19.9 Å². The number of carbonyl (C=O) groups excluding carboxylic acids is 2. The van der Waals surface area contributed by atoms with Crippen LogP contribution in [0.15, 0.2) is 41.2 Å². The van der Waals surface area contributed by atoms with Crippen LogP contribution in [0.4, 0.5) is 5.69 Å². The molecule has 6 nitrogen and oxygen atoms in total. The van der Waals surface area contributed by atoms with E-state index < -0.39 is 6.04 Å². The highest BCUT2D eigenvalue weighted by Crippen LogP contribution is 2.32. The maximum atomic E-state index is 12.8. The Hall–Kier alpha value is -2.89. The van der Waals surface area contributed by atoms with E-state index in [4.69, 9.17) is 4.74 Å². The molecule has 0 N–H and O–H groups in total. The molecule has 124 valence electrons. The fourth-order valence-electron chi connectivity index (χ4n) is 2.88. The van der Waals surface area contributed by atoms with Gasteiger partial charge in [-0.15, -0.1) is 0 Å². The summed E-state index contributed by atoms with van der Waals surface area (Å²) in [5.74, 6) is 0.199. The molecule has 24 heavy (non-hydrogen) atoms. The van der Waals surface area contributed by atoms with E-state index in [1.807, 2.05) is 0 Å². The molecule has 6 heteroatoms. The first-order valence-electron chi connectivity index (χ1n) is 7.66. The third-order valence-electron chi connectivity index (χ3n) is 4.29. The van der Waals surface area contributed by atoms with Crippen LogP contribution in [-0.4, -0.2) is 29.9 Å². The van der Waals surface area contributed by atoms with Crippen LogP contribution < -0.4 is 15.2 Å². The zero-order chi connectivity index (χ0) is 17.4. The number of Topliss-reactive ketones (excluding diaryl/α,β-unsaturated/α-hetero) is 1. The lowest BCUT2D eigenvalue weighted by Gasteiger charge is -2.26. The van der Waals surface area contributed by atoms with Gasteiger partial charge >= 0.3 is 0 Å². The summed E-state index contributed by atoms with van der Waals surface area (Å²) in [6.45, 7) is 3.48. The lowest BCUT2D eigenvalue weighted by atomic mass is 10.0. The number of aromatic nitrogens is 1. The summed E-state index contributed by atoms with van der Waals surface area (Å²) in [5.41, 5.74) is 1.49. The molecular weight excluding hydrogens is 308 g/mol. The summed E-state index contributed by atoms with van der Waals surface area (Å²) in [6.07, 6.45) is 0. The molecule has 1 aliphatic rings. The standard InChI is InChI=1S/C18H18N2O4/c1-11-5-4-6-16(21)20(11)12(2)18(23)13-7-8-15-14(9-13)19(3)17(22)10-24-15/h4-9,12H,10H2,1-3H3. The van der Waals surface area contributed by atoms with Crippen LogP contribution in [0.1, 0.15) is 29.0 Å². The van der Waals surface area contributed by atoms with Crippen molar-refractivity contribution < 1.29 is 14.3 Å². The van der Waals surface area contributed by atoms with Gasteiger partial charge in [-0.05, 0) is 38.1 Å². The molecule has 1 atom stereocenters. The fourth-order valence-corrected chi connectivity index (χ4v) is 2.88. The number of fused-ring (bicyclic) bond motifs is 1. The summed E-state index contributed by atoms with van der Waals surface area (Å²) >= 11 is 0. The predicted molar refractivity (Wildman–Crippen MR) is 89.8 cm³/mol. The minimum atomic E-state index is -0.637. The number of ether oxygens (including phenoxy) is 1. The molecule has 3 rings (SSSR count). The maximum absolute atomic E-state index is 12.8. The minimum Gasteiger partial charge on any atom is -0.482 e. The van der Waals surface area contributed by atoms with Gasteiger partial charge in [0, 0.05) is 24.4 Å². The van der Waals surface area contributed by atoms with E-state index >= 15 is 0 Å². The Labute approximate surface area is 139 Å². The van der Waals surface area contributed by atoms with Crippen LogP contribution in [0, 0.1) is 6.92 Å². The summed E-state index contributed by atoms with van der Waals surface area (Å²) in [5, 5.41) is 0. The molecule has 2 aromatic rings. The Bertz CT molecular complexity index is 885. The molecule has 0 saturated carbocycles. The van der Waals surface area contributed by atoms with Gasteiger partial charge in [0.25, 0.3) is 11.5 Å². The number of anilines is 1. The van der Waals surface area contributed by atoms with E-state index in [0.717, 1.165) is 5.69 Å². The van der Waals surface area contributed by atoms with Gasteiger partial charge in [-0.25, -0.2) is 0 Å². The average molecular weight is 326 g/mol. The van der Waals surface area contributed by atoms with Gasteiger partial charge in [0.05, 0.1) is 11.7 Å². The van der Waals surface area contributed by atoms with E-state index in [9.17, 15) is 14.4 Å². The minimum absolute atomic E-state index is 0.00814. The molecule has 0 bridgehead atoms. The van der Waals surface area contributed by atoms with Gasteiger partial charge in [-0.2, -0.15) is 0 Å². The Morgan fingerprint density at radius 1 is 1.21 bits per heavy atom. The number of hydrogen-bond acceptors (Lipinski definition) is 4. The van der Waals surface area contributed by atoms with Crippen LogP contribution in [-0.2, 0) is 4.79 Å². The second kappa shape index (κ2) is 5.96. The second-order valence-corrected chi connectivity index (χ2v) is 5.84. The van der Waals surface area contributed by atoms with Crippen molar-refractivity contribution in [3.05, 3.63) is 58.0 Å². The van der Waals surface area contributed by atoms with E-state index in [1.54, 1.807) is 51.2 Å². The first kappa shape index (κ1) is 16.0. The number of benzene rings is 1. The average Bonchev–Trinajstić information content (AvgIpc) is 2.57. The maximum Gasteiger partial charge on any atom is 0.264 e.